The summed E-state index contributed by atoms with van der Waals surface area (Å²) in [5.74, 6) is 0.962. The van der Waals surface area contributed by atoms with Gasteiger partial charge in [-0.15, -0.1) is 0 Å². The Morgan fingerprint density at radius 1 is 0.913 bits per heavy atom. The number of aromatic hydroxyl groups is 1. The van der Waals surface area contributed by atoms with E-state index < -0.39 is 0 Å². The summed E-state index contributed by atoms with van der Waals surface area (Å²) in [6.07, 6.45) is 3.44. The molecule has 0 aliphatic heterocycles. The van der Waals surface area contributed by atoms with E-state index >= 15 is 0 Å². The first-order valence-corrected chi connectivity index (χ1v) is 7.54. The molecule has 0 amide bonds. The molecule has 0 spiro atoms. The van der Waals surface area contributed by atoms with Crippen LogP contribution in [0.2, 0.25) is 0 Å². The lowest BCUT2D eigenvalue weighted by molar-refractivity contribution is 0.312. The lowest BCUT2D eigenvalue weighted by Gasteiger charge is -2.18. The summed E-state index contributed by atoms with van der Waals surface area (Å²) in [6.45, 7) is 1.48. The van der Waals surface area contributed by atoms with Crippen LogP contribution in [0.3, 0.4) is 0 Å². The minimum absolute atomic E-state index is 0.296. The molecule has 3 rings (SSSR count). The largest absolute Gasteiger partial charge is 0.508 e. The monoisotopic (exact) mass is 305 g/mol. The molecule has 4 nitrogen and oxygen atoms in total. The number of rotatable bonds is 5. The van der Waals surface area contributed by atoms with Crippen LogP contribution in [0.5, 0.6) is 5.75 Å². The number of benzene rings is 2. The van der Waals surface area contributed by atoms with E-state index in [9.17, 15) is 5.11 Å². The van der Waals surface area contributed by atoms with Crippen molar-refractivity contribution in [3.05, 3.63) is 78.1 Å². The first-order valence-electron chi connectivity index (χ1n) is 7.54. The highest BCUT2D eigenvalue weighted by Gasteiger charge is 2.09. The fourth-order valence-corrected chi connectivity index (χ4v) is 2.54. The van der Waals surface area contributed by atoms with Gasteiger partial charge in [-0.2, -0.15) is 0 Å². The Morgan fingerprint density at radius 2 is 1.65 bits per heavy atom. The van der Waals surface area contributed by atoms with E-state index in [1.54, 1.807) is 24.5 Å². The molecule has 0 bridgehead atoms. The maximum atomic E-state index is 10.1. The molecule has 0 fully saturated rings. The average molecular weight is 305 g/mol. The van der Waals surface area contributed by atoms with Gasteiger partial charge in [-0.3, -0.25) is 4.90 Å². The van der Waals surface area contributed by atoms with Gasteiger partial charge in [-0.05, 0) is 36.9 Å². The molecule has 0 aliphatic rings. The minimum atomic E-state index is 0.296. The van der Waals surface area contributed by atoms with Crippen molar-refractivity contribution in [2.75, 3.05) is 7.05 Å². The summed E-state index contributed by atoms with van der Waals surface area (Å²) in [5.41, 5.74) is 3.02. The fourth-order valence-electron chi connectivity index (χ4n) is 2.54. The molecule has 3 aromatic rings. The van der Waals surface area contributed by atoms with Crippen LogP contribution in [-0.2, 0) is 13.1 Å². The van der Waals surface area contributed by atoms with E-state index in [2.05, 4.69) is 27.0 Å². The molecule has 0 unspecified atom stereocenters. The molecule has 0 atom stereocenters. The third kappa shape index (κ3) is 3.93. The topological polar surface area (TPSA) is 49.2 Å². The molecule has 23 heavy (non-hydrogen) atoms. The van der Waals surface area contributed by atoms with Crippen molar-refractivity contribution >= 4 is 0 Å². The summed E-state index contributed by atoms with van der Waals surface area (Å²) in [5, 5.41) is 10.1. The minimum Gasteiger partial charge on any atom is -0.508 e. The number of hydrogen-bond acceptors (Lipinski definition) is 4. The van der Waals surface area contributed by atoms with Crippen LogP contribution in [-0.4, -0.2) is 27.0 Å². The zero-order valence-corrected chi connectivity index (χ0v) is 13.1. The van der Waals surface area contributed by atoms with E-state index in [1.807, 2.05) is 37.4 Å². The van der Waals surface area contributed by atoms with Crippen molar-refractivity contribution < 1.29 is 5.11 Å². The van der Waals surface area contributed by atoms with Crippen LogP contribution < -0.4 is 0 Å². The molecule has 1 N–H and O–H groups in total. The van der Waals surface area contributed by atoms with Gasteiger partial charge in [0.05, 0.1) is 0 Å². The molecule has 0 radical (unpaired) electrons. The number of aromatic nitrogens is 2. The number of phenols is 1. The summed E-state index contributed by atoms with van der Waals surface area (Å²) >= 11 is 0. The van der Waals surface area contributed by atoms with Gasteiger partial charge in [0, 0.05) is 36.6 Å². The van der Waals surface area contributed by atoms with Gasteiger partial charge in [-0.1, -0.05) is 30.3 Å². The zero-order chi connectivity index (χ0) is 16.1. The van der Waals surface area contributed by atoms with Crippen LogP contribution >= 0.6 is 0 Å². The Morgan fingerprint density at radius 3 is 2.39 bits per heavy atom. The normalized spacial score (nSPS) is 10.9. The van der Waals surface area contributed by atoms with Gasteiger partial charge in [0.15, 0.2) is 5.82 Å². The second kappa shape index (κ2) is 7.03. The lowest BCUT2D eigenvalue weighted by Crippen LogP contribution is -2.17. The molecular formula is C19H19N3O. The predicted octanol–water partition coefficient (Wildman–Crippen LogP) is 3.48. The Labute approximate surface area is 136 Å². The third-order valence-corrected chi connectivity index (χ3v) is 3.64. The van der Waals surface area contributed by atoms with E-state index in [0.29, 0.717) is 18.1 Å². The first-order chi connectivity index (χ1) is 11.2. The van der Waals surface area contributed by atoms with Gasteiger partial charge in [0.1, 0.15) is 5.75 Å². The highest BCUT2D eigenvalue weighted by atomic mass is 16.3. The van der Waals surface area contributed by atoms with Gasteiger partial charge < -0.3 is 5.11 Å². The fraction of sp³-hybridized carbons (Fsp3) is 0.158. The third-order valence-electron chi connectivity index (χ3n) is 3.64. The van der Waals surface area contributed by atoms with Crippen LogP contribution in [0.25, 0.3) is 11.4 Å². The van der Waals surface area contributed by atoms with Crippen molar-refractivity contribution in [2.45, 2.75) is 13.1 Å². The summed E-state index contributed by atoms with van der Waals surface area (Å²) in [6, 6.07) is 17.6. The molecule has 4 heteroatoms. The lowest BCUT2D eigenvalue weighted by atomic mass is 10.1. The van der Waals surface area contributed by atoms with Gasteiger partial charge in [0.2, 0.25) is 0 Å². The molecular weight excluding hydrogens is 286 g/mol. The maximum absolute atomic E-state index is 10.1. The van der Waals surface area contributed by atoms with Crippen molar-refractivity contribution in [3.63, 3.8) is 0 Å². The Hall–Kier alpha value is -2.72. The Kier molecular flexibility index (Phi) is 4.64. The molecule has 1 heterocycles. The van der Waals surface area contributed by atoms with Crippen LogP contribution in [0.15, 0.2) is 67.0 Å². The van der Waals surface area contributed by atoms with Gasteiger partial charge >= 0.3 is 0 Å². The van der Waals surface area contributed by atoms with Crippen molar-refractivity contribution in [1.82, 2.24) is 14.9 Å². The first kappa shape index (κ1) is 15.2. The molecule has 2 aromatic carbocycles. The zero-order valence-electron chi connectivity index (χ0n) is 13.1. The number of phenolic OH excluding ortho intramolecular Hbond substituents is 1. The standard InChI is InChI=1S/C19H19N3O/c1-22(13-15-6-3-2-4-7-15)14-17-12-16(8-9-18(17)23)19-20-10-5-11-21-19/h2-12,23H,13-14H2,1H3. The molecule has 1 aromatic heterocycles. The smallest absolute Gasteiger partial charge is 0.159 e. The number of hydrogen-bond donors (Lipinski definition) is 1. The highest BCUT2D eigenvalue weighted by Crippen LogP contribution is 2.25. The van der Waals surface area contributed by atoms with E-state index in [0.717, 1.165) is 17.7 Å². The van der Waals surface area contributed by atoms with Crippen molar-refractivity contribution in [3.8, 4) is 17.1 Å². The highest BCUT2D eigenvalue weighted by molar-refractivity contribution is 5.58. The maximum Gasteiger partial charge on any atom is 0.159 e. The molecule has 0 saturated carbocycles. The van der Waals surface area contributed by atoms with Crippen LogP contribution in [0, 0.1) is 0 Å². The molecule has 0 saturated heterocycles. The predicted molar refractivity (Wildman–Crippen MR) is 90.7 cm³/mol. The van der Waals surface area contributed by atoms with E-state index in [4.69, 9.17) is 0 Å². The summed E-state index contributed by atoms with van der Waals surface area (Å²) in [4.78, 5) is 10.7. The van der Waals surface area contributed by atoms with E-state index in [-0.39, 0.29) is 0 Å². The second-order valence-electron chi connectivity index (χ2n) is 5.57. The second-order valence-corrected chi connectivity index (χ2v) is 5.57. The van der Waals surface area contributed by atoms with Crippen LogP contribution in [0.1, 0.15) is 11.1 Å². The van der Waals surface area contributed by atoms with E-state index in [1.165, 1.54) is 5.56 Å². The SMILES string of the molecule is CN(Cc1ccccc1)Cc1cc(-c2ncccn2)ccc1O. The summed E-state index contributed by atoms with van der Waals surface area (Å²) < 4.78 is 0. The average Bonchev–Trinajstić information content (AvgIpc) is 2.58. The molecule has 0 aliphatic carbocycles. The quantitative estimate of drug-likeness (QED) is 0.784. The summed E-state index contributed by atoms with van der Waals surface area (Å²) in [7, 11) is 2.04. The Bertz CT molecular complexity index is 760. The number of nitrogens with zero attached hydrogens (tertiary/aromatic N) is 3. The van der Waals surface area contributed by atoms with Crippen molar-refractivity contribution in [2.24, 2.45) is 0 Å². The van der Waals surface area contributed by atoms with Gasteiger partial charge in [0.25, 0.3) is 0 Å². The molecule has 116 valence electrons. The van der Waals surface area contributed by atoms with Crippen LogP contribution in [0.4, 0.5) is 0 Å². The van der Waals surface area contributed by atoms with Crippen molar-refractivity contribution in [1.29, 1.82) is 0 Å². The Balaban J connectivity index is 1.77. The van der Waals surface area contributed by atoms with Gasteiger partial charge in [-0.25, -0.2) is 9.97 Å².